The number of hydrogen-bond donors (Lipinski definition) is 2. The molecule has 0 saturated heterocycles. The molecule has 2 N–H and O–H groups in total. The number of rotatable bonds is 7. The van der Waals surface area contributed by atoms with Gasteiger partial charge in [-0.15, -0.1) is 0 Å². The molecule has 14 heavy (non-hydrogen) atoms. The van der Waals surface area contributed by atoms with Gasteiger partial charge in [-0.05, 0) is 38.0 Å². The predicted octanol–water partition coefficient (Wildman–Crippen LogP) is 2.72. The molecule has 0 aromatic carbocycles. The lowest BCUT2D eigenvalue weighted by atomic mass is 9.89. The van der Waals surface area contributed by atoms with Crippen LogP contribution in [0.2, 0.25) is 0 Å². The van der Waals surface area contributed by atoms with Crippen molar-refractivity contribution >= 4 is 0 Å². The first-order chi connectivity index (χ1) is 6.43. The average molecular weight is 202 g/mol. The molecule has 0 radical (unpaired) electrons. The topological polar surface area (TPSA) is 40.5 Å². The highest BCUT2D eigenvalue weighted by Gasteiger charge is 2.23. The van der Waals surface area contributed by atoms with Gasteiger partial charge in [0.15, 0.2) is 0 Å². The van der Waals surface area contributed by atoms with Crippen molar-refractivity contribution in [3.63, 3.8) is 0 Å². The number of hydrogen-bond acceptors (Lipinski definition) is 2. The lowest BCUT2D eigenvalue weighted by Crippen LogP contribution is -2.28. The van der Waals surface area contributed by atoms with Gasteiger partial charge >= 0.3 is 0 Å². The fourth-order valence-corrected chi connectivity index (χ4v) is 1.70. The molecule has 0 spiro atoms. The summed E-state index contributed by atoms with van der Waals surface area (Å²) in [7, 11) is 0. The number of aliphatic hydroxyl groups is 2. The zero-order chi connectivity index (χ0) is 11.2. The third kappa shape index (κ3) is 5.61. The van der Waals surface area contributed by atoms with Gasteiger partial charge in [0.2, 0.25) is 0 Å². The molecule has 2 heteroatoms. The lowest BCUT2D eigenvalue weighted by Gasteiger charge is -2.26. The van der Waals surface area contributed by atoms with E-state index in [1.807, 2.05) is 13.8 Å². The van der Waals surface area contributed by atoms with E-state index in [1.165, 1.54) is 0 Å². The minimum atomic E-state index is -0.558. The largest absolute Gasteiger partial charge is 0.393 e. The smallest absolute Gasteiger partial charge is 0.0643 e. The van der Waals surface area contributed by atoms with Crippen LogP contribution in [0.1, 0.15) is 59.8 Å². The van der Waals surface area contributed by atoms with Crippen molar-refractivity contribution in [3.8, 4) is 0 Å². The normalized spacial score (nSPS) is 14.8. The first kappa shape index (κ1) is 13.9. The molecular formula is C12H26O2. The Balaban J connectivity index is 3.79. The van der Waals surface area contributed by atoms with Gasteiger partial charge in [-0.1, -0.05) is 27.7 Å². The van der Waals surface area contributed by atoms with E-state index in [4.69, 9.17) is 0 Å². The second kappa shape index (κ2) is 6.41. The van der Waals surface area contributed by atoms with Gasteiger partial charge in [-0.2, -0.15) is 0 Å². The van der Waals surface area contributed by atoms with Crippen LogP contribution in [0.15, 0.2) is 0 Å². The molecule has 0 aromatic heterocycles. The quantitative estimate of drug-likeness (QED) is 0.666. The molecule has 1 atom stereocenters. The maximum absolute atomic E-state index is 10.0. The molecule has 0 bridgehead atoms. The second-order valence-corrected chi connectivity index (χ2v) is 4.75. The molecular weight excluding hydrogens is 176 g/mol. The third-order valence-electron chi connectivity index (χ3n) is 3.00. The summed E-state index contributed by atoms with van der Waals surface area (Å²) in [5.41, 5.74) is -0.558. The monoisotopic (exact) mass is 202 g/mol. The lowest BCUT2D eigenvalue weighted by molar-refractivity contribution is 0.00628. The Bertz CT molecular complexity index is 139. The highest BCUT2D eigenvalue weighted by Crippen LogP contribution is 2.23. The zero-order valence-corrected chi connectivity index (χ0v) is 10.1. The van der Waals surface area contributed by atoms with Crippen molar-refractivity contribution in [2.24, 2.45) is 5.92 Å². The first-order valence-electron chi connectivity index (χ1n) is 5.84. The summed E-state index contributed by atoms with van der Waals surface area (Å²) in [4.78, 5) is 0. The number of aliphatic hydroxyl groups excluding tert-OH is 1. The second-order valence-electron chi connectivity index (χ2n) is 4.75. The van der Waals surface area contributed by atoms with Crippen LogP contribution < -0.4 is 0 Å². The van der Waals surface area contributed by atoms with Crippen LogP contribution in [0, 0.1) is 5.92 Å². The molecule has 0 aromatic rings. The molecule has 0 aliphatic rings. The van der Waals surface area contributed by atoms with E-state index >= 15 is 0 Å². The molecule has 1 unspecified atom stereocenters. The minimum absolute atomic E-state index is 0.250. The van der Waals surface area contributed by atoms with E-state index in [2.05, 4.69) is 13.8 Å². The Morgan fingerprint density at radius 1 is 1.14 bits per heavy atom. The summed E-state index contributed by atoms with van der Waals surface area (Å²) < 4.78 is 0. The van der Waals surface area contributed by atoms with Crippen molar-refractivity contribution in [1.29, 1.82) is 0 Å². The van der Waals surface area contributed by atoms with E-state index in [0.29, 0.717) is 12.3 Å². The fraction of sp³-hybridized carbons (Fsp3) is 1.00. The van der Waals surface area contributed by atoms with Crippen molar-refractivity contribution in [2.75, 3.05) is 0 Å². The van der Waals surface area contributed by atoms with Crippen LogP contribution in [-0.2, 0) is 0 Å². The molecule has 0 amide bonds. The van der Waals surface area contributed by atoms with Crippen LogP contribution in [0.4, 0.5) is 0 Å². The molecule has 0 saturated carbocycles. The van der Waals surface area contributed by atoms with Gasteiger partial charge in [0, 0.05) is 0 Å². The van der Waals surface area contributed by atoms with E-state index in [0.717, 1.165) is 25.7 Å². The Morgan fingerprint density at radius 2 is 1.64 bits per heavy atom. The Labute approximate surface area is 88.3 Å². The summed E-state index contributed by atoms with van der Waals surface area (Å²) >= 11 is 0. The first-order valence-corrected chi connectivity index (χ1v) is 5.84. The summed E-state index contributed by atoms with van der Waals surface area (Å²) in [6.07, 6.45) is 3.57. The van der Waals surface area contributed by atoms with Gasteiger partial charge in [0.25, 0.3) is 0 Å². The average Bonchev–Trinajstić information content (AvgIpc) is 2.13. The van der Waals surface area contributed by atoms with Crippen LogP contribution in [0.25, 0.3) is 0 Å². The highest BCUT2D eigenvalue weighted by molar-refractivity contribution is 4.76. The summed E-state index contributed by atoms with van der Waals surface area (Å²) in [5.74, 6) is 0.529. The van der Waals surface area contributed by atoms with Crippen molar-refractivity contribution in [1.82, 2.24) is 0 Å². The van der Waals surface area contributed by atoms with Crippen molar-refractivity contribution in [3.05, 3.63) is 0 Å². The molecule has 0 heterocycles. The molecule has 0 aliphatic carbocycles. The third-order valence-corrected chi connectivity index (χ3v) is 3.00. The van der Waals surface area contributed by atoms with Gasteiger partial charge in [-0.3, -0.25) is 0 Å². The van der Waals surface area contributed by atoms with E-state index in [-0.39, 0.29) is 6.10 Å². The van der Waals surface area contributed by atoms with Gasteiger partial charge < -0.3 is 10.2 Å². The van der Waals surface area contributed by atoms with Crippen LogP contribution in [0.3, 0.4) is 0 Å². The SMILES string of the molecule is CCC(O)(CC)CCC(O)CC(C)C. The predicted molar refractivity (Wildman–Crippen MR) is 60.2 cm³/mol. The van der Waals surface area contributed by atoms with Crippen LogP contribution in [0.5, 0.6) is 0 Å². The summed E-state index contributed by atoms with van der Waals surface area (Å²) in [6, 6.07) is 0. The summed E-state index contributed by atoms with van der Waals surface area (Å²) in [5, 5.41) is 19.7. The minimum Gasteiger partial charge on any atom is -0.393 e. The fourth-order valence-electron chi connectivity index (χ4n) is 1.70. The van der Waals surface area contributed by atoms with Crippen LogP contribution >= 0.6 is 0 Å². The molecule has 0 aliphatic heterocycles. The van der Waals surface area contributed by atoms with Gasteiger partial charge in [-0.25, -0.2) is 0 Å². The van der Waals surface area contributed by atoms with Crippen molar-refractivity contribution in [2.45, 2.75) is 71.5 Å². The Morgan fingerprint density at radius 3 is 2.00 bits per heavy atom. The maximum atomic E-state index is 10.0. The molecule has 86 valence electrons. The van der Waals surface area contributed by atoms with E-state index < -0.39 is 5.60 Å². The molecule has 0 rings (SSSR count). The van der Waals surface area contributed by atoms with Gasteiger partial charge in [0.05, 0.1) is 11.7 Å². The van der Waals surface area contributed by atoms with Gasteiger partial charge in [0.1, 0.15) is 0 Å². The summed E-state index contributed by atoms with van der Waals surface area (Å²) in [6.45, 7) is 8.21. The van der Waals surface area contributed by atoms with E-state index in [1.54, 1.807) is 0 Å². The highest BCUT2D eigenvalue weighted by atomic mass is 16.3. The Hall–Kier alpha value is -0.0800. The van der Waals surface area contributed by atoms with Crippen LogP contribution in [-0.4, -0.2) is 21.9 Å². The molecule has 2 nitrogen and oxygen atoms in total. The standard InChI is InChI=1S/C12H26O2/c1-5-12(14,6-2)8-7-11(13)9-10(3)4/h10-11,13-14H,5-9H2,1-4H3. The molecule has 0 fully saturated rings. The zero-order valence-electron chi connectivity index (χ0n) is 10.1. The Kier molecular flexibility index (Phi) is 6.38. The van der Waals surface area contributed by atoms with Crippen molar-refractivity contribution < 1.29 is 10.2 Å². The maximum Gasteiger partial charge on any atom is 0.0643 e. The van der Waals surface area contributed by atoms with E-state index in [9.17, 15) is 10.2 Å².